The second-order valence-electron chi connectivity index (χ2n) is 5.50. The Kier molecular flexibility index (Phi) is 4.41. The number of alkyl halides is 1. The molecule has 0 saturated carbocycles. The highest BCUT2D eigenvalue weighted by Crippen LogP contribution is 2.34. The van der Waals surface area contributed by atoms with Gasteiger partial charge in [-0.15, -0.1) is 11.6 Å². The van der Waals surface area contributed by atoms with Crippen molar-refractivity contribution in [3.63, 3.8) is 0 Å². The summed E-state index contributed by atoms with van der Waals surface area (Å²) in [5.74, 6) is -0.333. The SMILES string of the molecule is O=C1N[C@H](c2ccccc2)[C@@H](S(=O)(=O)c2ccccc2)C[C@@H]1Cl. The number of hydrogen-bond donors (Lipinski definition) is 1. The van der Waals surface area contributed by atoms with Crippen LogP contribution in [0.3, 0.4) is 0 Å². The van der Waals surface area contributed by atoms with Gasteiger partial charge < -0.3 is 5.32 Å². The van der Waals surface area contributed by atoms with Gasteiger partial charge >= 0.3 is 0 Å². The molecule has 0 aliphatic carbocycles. The summed E-state index contributed by atoms with van der Waals surface area (Å²) in [7, 11) is -3.61. The van der Waals surface area contributed by atoms with Gasteiger partial charge in [-0.1, -0.05) is 48.5 Å². The van der Waals surface area contributed by atoms with Crippen LogP contribution in [-0.4, -0.2) is 25.0 Å². The van der Waals surface area contributed by atoms with Gasteiger partial charge in [0.15, 0.2) is 9.84 Å². The van der Waals surface area contributed by atoms with E-state index in [4.69, 9.17) is 11.6 Å². The third-order valence-corrected chi connectivity index (χ3v) is 6.59. The molecule has 1 amide bonds. The molecule has 1 aliphatic rings. The highest BCUT2D eigenvalue weighted by Gasteiger charge is 2.43. The van der Waals surface area contributed by atoms with Crippen molar-refractivity contribution in [3.8, 4) is 0 Å². The number of rotatable bonds is 3. The van der Waals surface area contributed by atoms with Crippen LogP contribution in [0.1, 0.15) is 18.0 Å². The number of halogens is 1. The van der Waals surface area contributed by atoms with Crippen LogP contribution >= 0.6 is 11.6 Å². The molecule has 4 nitrogen and oxygen atoms in total. The van der Waals surface area contributed by atoms with Crippen LogP contribution in [0, 0.1) is 0 Å². The molecule has 1 aliphatic heterocycles. The van der Waals surface area contributed by atoms with Gasteiger partial charge in [0.1, 0.15) is 5.38 Å². The Morgan fingerprint density at radius 1 is 0.957 bits per heavy atom. The average molecular weight is 350 g/mol. The van der Waals surface area contributed by atoms with Crippen LogP contribution in [0.5, 0.6) is 0 Å². The van der Waals surface area contributed by atoms with Gasteiger partial charge in [-0.05, 0) is 24.1 Å². The van der Waals surface area contributed by atoms with Crippen LogP contribution in [0.4, 0.5) is 0 Å². The van der Waals surface area contributed by atoms with E-state index in [9.17, 15) is 13.2 Å². The Morgan fingerprint density at radius 3 is 2.13 bits per heavy atom. The van der Waals surface area contributed by atoms with Gasteiger partial charge in [0.05, 0.1) is 16.2 Å². The fourth-order valence-corrected chi connectivity index (χ4v) is 5.11. The molecule has 0 spiro atoms. The molecule has 0 radical (unpaired) electrons. The van der Waals surface area contributed by atoms with Crippen molar-refractivity contribution in [2.24, 2.45) is 0 Å². The first kappa shape index (κ1) is 16.0. The van der Waals surface area contributed by atoms with Crippen molar-refractivity contribution < 1.29 is 13.2 Å². The number of sulfone groups is 1. The Balaban J connectivity index is 2.05. The molecule has 2 aromatic rings. The number of amides is 1. The van der Waals surface area contributed by atoms with E-state index in [0.717, 1.165) is 5.56 Å². The molecule has 0 bridgehead atoms. The van der Waals surface area contributed by atoms with Crippen molar-refractivity contribution in [2.45, 2.75) is 28.0 Å². The van der Waals surface area contributed by atoms with E-state index < -0.39 is 26.5 Å². The third-order valence-electron chi connectivity index (χ3n) is 4.02. The smallest absolute Gasteiger partial charge is 0.238 e. The van der Waals surface area contributed by atoms with Crippen LogP contribution < -0.4 is 5.32 Å². The molecular weight excluding hydrogens is 334 g/mol. The molecule has 2 aromatic carbocycles. The van der Waals surface area contributed by atoms with E-state index in [-0.39, 0.29) is 17.2 Å². The lowest BCUT2D eigenvalue weighted by Gasteiger charge is -2.34. The summed E-state index contributed by atoms with van der Waals surface area (Å²) in [5, 5.41) is 1.11. The lowest BCUT2D eigenvalue weighted by molar-refractivity contribution is -0.122. The summed E-state index contributed by atoms with van der Waals surface area (Å²) in [5.41, 5.74) is 0.758. The minimum atomic E-state index is -3.61. The van der Waals surface area contributed by atoms with E-state index in [1.165, 1.54) is 0 Å². The Hall–Kier alpha value is -1.85. The number of benzene rings is 2. The molecule has 1 fully saturated rings. The fraction of sp³-hybridized carbons (Fsp3) is 0.235. The van der Waals surface area contributed by atoms with Gasteiger partial charge in [-0.25, -0.2) is 8.42 Å². The van der Waals surface area contributed by atoms with Crippen LogP contribution in [0.2, 0.25) is 0 Å². The van der Waals surface area contributed by atoms with Gasteiger partial charge in [-0.3, -0.25) is 4.79 Å². The minimum Gasteiger partial charge on any atom is -0.347 e. The Labute approximate surface area is 140 Å². The maximum absolute atomic E-state index is 13.0. The molecule has 120 valence electrons. The first-order valence-electron chi connectivity index (χ1n) is 7.28. The largest absolute Gasteiger partial charge is 0.347 e. The molecule has 23 heavy (non-hydrogen) atoms. The molecule has 1 saturated heterocycles. The third kappa shape index (κ3) is 3.12. The average Bonchev–Trinajstić information content (AvgIpc) is 2.58. The first-order chi connectivity index (χ1) is 11.0. The zero-order valence-corrected chi connectivity index (χ0v) is 13.8. The van der Waals surface area contributed by atoms with Crippen LogP contribution in [0.15, 0.2) is 65.6 Å². The van der Waals surface area contributed by atoms with E-state index in [1.807, 2.05) is 30.3 Å². The summed E-state index contributed by atoms with van der Waals surface area (Å²) >= 11 is 6.03. The molecule has 3 rings (SSSR count). The van der Waals surface area contributed by atoms with Crippen LogP contribution in [0.25, 0.3) is 0 Å². The van der Waals surface area contributed by atoms with Crippen LogP contribution in [-0.2, 0) is 14.6 Å². The number of carbonyl (C=O) groups is 1. The maximum atomic E-state index is 13.0. The molecular formula is C17H16ClNO3S. The summed E-state index contributed by atoms with van der Waals surface area (Å²) in [6.07, 6.45) is 0.0875. The van der Waals surface area contributed by atoms with Crippen molar-refractivity contribution in [3.05, 3.63) is 66.2 Å². The van der Waals surface area contributed by atoms with E-state index in [2.05, 4.69) is 5.32 Å². The predicted molar refractivity (Wildman–Crippen MR) is 89.0 cm³/mol. The van der Waals surface area contributed by atoms with Crippen molar-refractivity contribution in [2.75, 3.05) is 0 Å². The predicted octanol–water partition coefficient (Wildman–Crippen LogP) is 2.70. The van der Waals surface area contributed by atoms with Gasteiger partial charge in [0.25, 0.3) is 0 Å². The molecule has 0 aromatic heterocycles. The topological polar surface area (TPSA) is 63.2 Å². The maximum Gasteiger partial charge on any atom is 0.238 e. The van der Waals surface area contributed by atoms with Crippen molar-refractivity contribution >= 4 is 27.3 Å². The quantitative estimate of drug-likeness (QED) is 0.866. The number of nitrogens with one attached hydrogen (secondary N) is 1. The minimum absolute atomic E-state index is 0.0875. The first-order valence-corrected chi connectivity index (χ1v) is 9.27. The second kappa shape index (κ2) is 6.34. The molecule has 1 heterocycles. The molecule has 6 heteroatoms. The number of hydrogen-bond acceptors (Lipinski definition) is 3. The highest BCUT2D eigenvalue weighted by atomic mass is 35.5. The standard InChI is InChI=1S/C17H16ClNO3S/c18-14-11-15(23(21,22)13-9-5-2-6-10-13)16(19-17(14)20)12-7-3-1-4-8-12/h1-10,14-16H,11H2,(H,19,20)/t14-,15-,16+/m0/s1. The summed E-state index contributed by atoms with van der Waals surface area (Å²) in [4.78, 5) is 12.2. The lowest BCUT2D eigenvalue weighted by Crippen LogP contribution is -2.50. The Morgan fingerprint density at radius 2 is 1.52 bits per heavy atom. The van der Waals surface area contributed by atoms with Gasteiger partial charge in [0, 0.05) is 0 Å². The molecule has 0 unspecified atom stereocenters. The Bertz CT molecular complexity index is 793. The molecule has 1 N–H and O–H groups in total. The van der Waals surface area contributed by atoms with E-state index in [0.29, 0.717) is 0 Å². The van der Waals surface area contributed by atoms with Crippen molar-refractivity contribution in [1.29, 1.82) is 0 Å². The van der Waals surface area contributed by atoms with Gasteiger partial charge in [-0.2, -0.15) is 0 Å². The lowest BCUT2D eigenvalue weighted by atomic mass is 9.96. The highest BCUT2D eigenvalue weighted by molar-refractivity contribution is 7.92. The van der Waals surface area contributed by atoms with Crippen molar-refractivity contribution in [1.82, 2.24) is 5.32 Å². The molecule has 3 atom stereocenters. The fourth-order valence-electron chi connectivity index (χ4n) is 2.83. The number of piperidine rings is 1. The normalized spacial score (nSPS) is 24.9. The van der Waals surface area contributed by atoms with E-state index >= 15 is 0 Å². The summed E-state index contributed by atoms with van der Waals surface area (Å²) in [6, 6.07) is 16.8. The zero-order chi connectivity index (χ0) is 16.4. The van der Waals surface area contributed by atoms with E-state index in [1.54, 1.807) is 30.3 Å². The summed E-state index contributed by atoms with van der Waals surface area (Å²) < 4.78 is 26.0. The number of carbonyl (C=O) groups excluding carboxylic acids is 1. The van der Waals surface area contributed by atoms with Gasteiger partial charge in [0.2, 0.25) is 5.91 Å². The second-order valence-corrected chi connectivity index (χ2v) is 8.19. The summed E-state index contributed by atoms with van der Waals surface area (Å²) in [6.45, 7) is 0. The monoisotopic (exact) mass is 349 g/mol. The zero-order valence-electron chi connectivity index (χ0n) is 12.2.